The summed E-state index contributed by atoms with van der Waals surface area (Å²) in [6.07, 6.45) is 0. The molecule has 0 N–H and O–H groups in total. The standard InChI is InChI=1S/C5H5AtS/c1-4-2-3-5(6)7-4/h2-3H,1H3. The molecule has 38 valence electrons. The first kappa shape index (κ1) is 5.71. The number of rotatable bonds is 0. The van der Waals surface area contributed by atoms with E-state index < -0.39 is 0 Å². The molecule has 0 aliphatic rings. The summed E-state index contributed by atoms with van der Waals surface area (Å²) < 4.78 is 1.46. The van der Waals surface area contributed by atoms with E-state index in [9.17, 15) is 0 Å². The van der Waals surface area contributed by atoms with Crippen LogP contribution in [0, 0.1) is 31.6 Å². The molecule has 0 atom stereocenters. The fourth-order valence-corrected chi connectivity index (χ4v) is 2.65. The van der Waals surface area contributed by atoms with Gasteiger partial charge in [-0.2, -0.15) is 0 Å². The zero-order valence-electron chi connectivity index (χ0n) is 3.94. The van der Waals surface area contributed by atoms with Crippen molar-refractivity contribution in [1.29, 1.82) is 0 Å². The van der Waals surface area contributed by atoms with E-state index >= 15 is 0 Å². The number of thiophene rings is 1. The van der Waals surface area contributed by atoms with E-state index in [2.05, 4.69) is 19.1 Å². The fraction of sp³-hybridized carbons (Fsp3) is 0.200. The number of hydrogen-bond acceptors (Lipinski definition) is 1. The molecular weight excluding hydrogens is 302 g/mol. The molecule has 1 rings (SSSR count). The zero-order valence-corrected chi connectivity index (χ0v) is 7.70. The van der Waals surface area contributed by atoms with Crippen LogP contribution in [0.5, 0.6) is 0 Å². The van der Waals surface area contributed by atoms with E-state index in [1.807, 2.05) is 11.3 Å². The molecule has 0 bridgehead atoms. The van der Waals surface area contributed by atoms with Crippen molar-refractivity contribution in [3.63, 3.8) is 0 Å². The predicted octanol–water partition coefficient (Wildman–Crippen LogP) is 1.23. The van der Waals surface area contributed by atoms with Crippen molar-refractivity contribution in [3.8, 4) is 0 Å². The Balaban J connectivity index is 3.04. The predicted molar refractivity (Wildman–Crippen MR) is 28.7 cm³/mol. The van der Waals surface area contributed by atoms with Gasteiger partial charge in [-0.25, -0.2) is 0 Å². The first-order valence-corrected chi connectivity index (χ1v) is 4.29. The van der Waals surface area contributed by atoms with Gasteiger partial charge < -0.3 is 0 Å². The van der Waals surface area contributed by atoms with Crippen LogP contribution in [0.2, 0.25) is 0 Å². The second-order valence-corrected chi connectivity index (χ2v) is 5.24. The summed E-state index contributed by atoms with van der Waals surface area (Å²) in [5.41, 5.74) is 0. The topological polar surface area (TPSA) is 0 Å². The van der Waals surface area contributed by atoms with Crippen molar-refractivity contribution in [2.24, 2.45) is 0 Å². The molecular formula is C5H5AtS. The van der Waals surface area contributed by atoms with Crippen LogP contribution in [-0.4, -0.2) is 0 Å². The third kappa shape index (κ3) is 1.51. The van der Waals surface area contributed by atoms with Crippen molar-refractivity contribution < 1.29 is 24.7 Å². The summed E-state index contributed by atoms with van der Waals surface area (Å²) in [7, 11) is 0. The first-order chi connectivity index (χ1) is 3.29. The first-order valence-electron chi connectivity index (χ1n) is 2.01. The molecule has 0 radical (unpaired) electrons. The summed E-state index contributed by atoms with van der Waals surface area (Å²) in [5, 5.41) is 0. The van der Waals surface area contributed by atoms with Gasteiger partial charge in [0.05, 0.1) is 0 Å². The Bertz CT molecular complexity index is 140. The van der Waals surface area contributed by atoms with Gasteiger partial charge in [-0.05, 0) is 0 Å². The van der Waals surface area contributed by atoms with E-state index in [1.54, 1.807) is 24.7 Å². The van der Waals surface area contributed by atoms with Gasteiger partial charge >= 0.3 is 62.6 Å². The number of hydrogen-bond donors (Lipinski definition) is 0. The Kier molecular flexibility index (Phi) is 1.82. The molecule has 0 fully saturated rings. The van der Waals surface area contributed by atoms with Gasteiger partial charge in [-0.15, -0.1) is 0 Å². The Morgan fingerprint density at radius 3 is 2.43 bits per heavy atom. The van der Waals surface area contributed by atoms with E-state index in [0.29, 0.717) is 0 Å². The van der Waals surface area contributed by atoms with Crippen LogP contribution < -0.4 is 2.59 Å². The maximum atomic E-state index is 2.16. The van der Waals surface area contributed by atoms with E-state index in [-0.39, 0.29) is 0 Å². The van der Waals surface area contributed by atoms with Gasteiger partial charge in [-0.1, -0.05) is 0 Å². The third-order valence-corrected chi connectivity index (χ3v) is 2.89. The molecule has 2 heteroatoms. The summed E-state index contributed by atoms with van der Waals surface area (Å²) in [6.45, 7) is 2.13. The molecule has 0 aliphatic heterocycles. The molecule has 1 aromatic heterocycles. The van der Waals surface area contributed by atoms with Crippen LogP contribution in [-0.2, 0) is 0 Å². The molecule has 0 aromatic carbocycles. The van der Waals surface area contributed by atoms with Crippen molar-refractivity contribution >= 4 is 13.9 Å². The molecule has 7 heavy (non-hydrogen) atoms. The molecule has 0 aliphatic carbocycles. The van der Waals surface area contributed by atoms with Gasteiger partial charge in [0.1, 0.15) is 0 Å². The van der Waals surface area contributed by atoms with Crippen LogP contribution >= 0.6 is 11.3 Å². The van der Waals surface area contributed by atoms with E-state index in [4.69, 9.17) is 0 Å². The van der Waals surface area contributed by atoms with Gasteiger partial charge in [0.25, 0.3) is 0 Å². The van der Waals surface area contributed by atoms with Crippen LogP contribution in [0.1, 0.15) is 4.88 Å². The summed E-state index contributed by atoms with van der Waals surface area (Å²) in [4.78, 5) is 1.41. The molecule has 0 saturated heterocycles. The van der Waals surface area contributed by atoms with Gasteiger partial charge in [0.2, 0.25) is 0 Å². The third-order valence-electron chi connectivity index (χ3n) is 0.708. The molecule has 1 heterocycles. The van der Waals surface area contributed by atoms with Crippen molar-refractivity contribution in [3.05, 3.63) is 17.0 Å². The molecule has 0 amide bonds. The monoisotopic (exact) mass is 307 g/mol. The summed E-state index contributed by atoms with van der Waals surface area (Å²) in [6, 6.07) is 4.32. The van der Waals surface area contributed by atoms with Crippen molar-refractivity contribution in [2.45, 2.75) is 6.92 Å². The van der Waals surface area contributed by atoms with Crippen LogP contribution in [0.4, 0.5) is 0 Å². The van der Waals surface area contributed by atoms with E-state index in [0.717, 1.165) is 0 Å². The Labute approximate surface area is 62.4 Å². The van der Waals surface area contributed by atoms with Crippen molar-refractivity contribution in [1.82, 2.24) is 0 Å². The number of aryl methyl sites for hydroxylation is 1. The molecule has 0 unspecified atom stereocenters. The summed E-state index contributed by atoms with van der Waals surface area (Å²) in [5.74, 6) is 0. The SMILES string of the molecule is Cc1ccc([At])s1. The minimum atomic E-state index is 1.41. The molecule has 0 saturated carbocycles. The fourth-order valence-electron chi connectivity index (χ4n) is 0.405. The summed E-state index contributed by atoms with van der Waals surface area (Å²) >= 11 is 3.63. The van der Waals surface area contributed by atoms with Crippen LogP contribution in [0.3, 0.4) is 0 Å². The van der Waals surface area contributed by atoms with Gasteiger partial charge in [0.15, 0.2) is 0 Å². The van der Waals surface area contributed by atoms with Crippen LogP contribution in [0.15, 0.2) is 12.1 Å². The van der Waals surface area contributed by atoms with Crippen molar-refractivity contribution in [2.75, 3.05) is 0 Å². The van der Waals surface area contributed by atoms with Crippen LogP contribution in [0.25, 0.3) is 0 Å². The Morgan fingerprint density at radius 2 is 2.29 bits per heavy atom. The van der Waals surface area contributed by atoms with Gasteiger partial charge in [-0.3, -0.25) is 0 Å². The average molecular weight is 307 g/mol. The quantitative estimate of drug-likeness (QED) is 0.676. The average Bonchev–Trinajstić information content (AvgIpc) is 1.87. The molecule has 1 aromatic rings. The second kappa shape index (κ2) is 2.23. The normalized spacial score (nSPS) is 9.43. The van der Waals surface area contributed by atoms with Gasteiger partial charge in [0, 0.05) is 0 Å². The maximum absolute atomic E-state index is 2.16. The van der Waals surface area contributed by atoms with E-state index in [1.165, 1.54) is 7.46 Å². The second-order valence-electron chi connectivity index (χ2n) is 1.35. The Hall–Kier alpha value is 0.583. The molecule has 0 nitrogen and oxygen atoms in total. The molecule has 0 spiro atoms. The minimum absolute atomic E-state index is 1.41. The Morgan fingerprint density at radius 1 is 1.57 bits per heavy atom. The zero-order chi connectivity index (χ0) is 5.28.